The SMILES string of the molecule is N#Cc1ncc(C#Cc2ccc(C(=O)O)cc2)cc1Cl. The predicted molar refractivity (Wildman–Crippen MR) is 73.3 cm³/mol. The molecular formula is C15H7ClN2O2. The maximum absolute atomic E-state index is 10.7. The fraction of sp³-hybridized carbons (Fsp3) is 0. The summed E-state index contributed by atoms with van der Waals surface area (Å²) < 4.78 is 0. The molecule has 96 valence electrons. The first-order valence-electron chi connectivity index (χ1n) is 5.51. The van der Waals surface area contributed by atoms with Crippen LogP contribution >= 0.6 is 11.6 Å². The number of nitrogens with zero attached hydrogens (tertiary/aromatic N) is 2. The van der Waals surface area contributed by atoms with Gasteiger partial charge < -0.3 is 5.11 Å². The largest absolute Gasteiger partial charge is 0.478 e. The standard InChI is InChI=1S/C15H7ClN2O2/c16-13-7-11(9-18-14(13)8-17)2-1-10-3-5-12(6-4-10)15(19)20/h3-7,9H,(H,19,20). The van der Waals surface area contributed by atoms with Crippen LogP contribution in [0.5, 0.6) is 0 Å². The summed E-state index contributed by atoms with van der Waals surface area (Å²) in [5.74, 6) is 4.74. The Morgan fingerprint density at radius 3 is 2.40 bits per heavy atom. The van der Waals surface area contributed by atoms with Crippen LogP contribution < -0.4 is 0 Å². The summed E-state index contributed by atoms with van der Waals surface area (Å²) in [6.07, 6.45) is 1.46. The first kappa shape index (κ1) is 13.6. The van der Waals surface area contributed by atoms with Gasteiger partial charge in [-0.05, 0) is 30.3 Å². The van der Waals surface area contributed by atoms with Crippen LogP contribution in [0.25, 0.3) is 0 Å². The highest BCUT2D eigenvalue weighted by Gasteiger charge is 2.01. The summed E-state index contributed by atoms with van der Waals surface area (Å²) in [7, 11) is 0. The van der Waals surface area contributed by atoms with E-state index in [0.717, 1.165) is 0 Å². The molecule has 0 spiro atoms. The summed E-state index contributed by atoms with van der Waals surface area (Å²) in [4.78, 5) is 14.6. The third-order valence-electron chi connectivity index (χ3n) is 2.43. The second-order valence-electron chi connectivity index (χ2n) is 3.80. The van der Waals surface area contributed by atoms with Gasteiger partial charge in [-0.15, -0.1) is 0 Å². The van der Waals surface area contributed by atoms with Crippen molar-refractivity contribution >= 4 is 17.6 Å². The van der Waals surface area contributed by atoms with Crippen molar-refractivity contribution in [3.05, 3.63) is 63.9 Å². The van der Waals surface area contributed by atoms with Gasteiger partial charge in [-0.2, -0.15) is 5.26 Å². The second kappa shape index (κ2) is 5.88. The molecule has 1 N–H and O–H groups in total. The maximum atomic E-state index is 10.7. The molecule has 2 aromatic rings. The van der Waals surface area contributed by atoms with Crippen molar-refractivity contribution in [1.29, 1.82) is 5.26 Å². The van der Waals surface area contributed by atoms with E-state index in [0.29, 0.717) is 11.1 Å². The molecule has 5 heteroatoms. The van der Waals surface area contributed by atoms with Crippen LogP contribution in [0, 0.1) is 23.2 Å². The summed E-state index contributed by atoms with van der Waals surface area (Å²) in [6, 6.07) is 9.63. The van der Waals surface area contributed by atoms with E-state index in [-0.39, 0.29) is 16.3 Å². The van der Waals surface area contributed by atoms with Crippen molar-refractivity contribution in [3.8, 4) is 17.9 Å². The highest BCUT2D eigenvalue weighted by molar-refractivity contribution is 6.31. The Morgan fingerprint density at radius 2 is 1.85 bits per heavy atom. The molecule has 4 nitrogen and oxygen atoms in total. The fourth-order valence-electron chi connectivity index (χ4n) is 1.43. The van der Waals surface area contributed by atoms with Crippen LogP contribution in [0.4, 0.5) is 0 Å². The van der Waals surface area contributed by atoms with E-state index in [2.05, 4.69) is 16.8 Å². The average molecular weight is 283 g/mol. The van der Waals surface area contributed by atoms with E-state index in [1.54, 1.807) is 18.2 Å². The number of aromatic nitrogens is 1. The van der Waals surface area contributed by atoms with Crippen LogP contribution in [0.2, 0.25) is 5.02 Å². The maximum Gasteiger partial charge on any atom is 0.335 e. The number of hydrogen-bond donors (Lipinski definition) is 1. The number of carboxylic acids is 1. The van der Waals surface area contributed by atoms with E-state index in [9.17, 15) is 4.79 Å². The molecule has 0 atom stereocenters. The second-order valence-corrected chi connectivity index (χ2v) is 4.21. The van der Waals surface area contributed by atoms with Crippen LogP contribution in [-0.2, 0) is 0 Å². The Bertz CT molecular complexity index is 765. The third-order valence-corrected chi connectivity index (χ3v) is 2.72. The highest BCUT2D eigenvalue weighted by Crippen LogP contribution is 2.13. The van der Waals surface area contributed by atoms with Crippen molar-refractivity contribution in [2.45, 2.75) is 0 Å². The summed E-state index contributed by atoms with van der Waals surface area (Å²) in [5, 5.41) is 17.7. The smallest absolute Gasteiger partial charge is 0.335 e. The zero-order valence-electron chi connectivity index (χ0n) is 10.1. The summed E-state index contributed by atoms with van der Waals surface area (Å²) in [6.45, 7) is 0. The first-order valence-corrected chi connectivity index (χ1v) is 5.89. The number of carbonyl (C=O) groups is 1. The highest BCUT2D eigenvalue weighted by atomic mass is 35.5. The van der Waals surface area contributed by atoms with Crippen molar-refractivity contribution < 1.29 is 9.90 Å². The molecule has 0 amide bonds. The Labute approximate surface area is 120 Å². The van der Waals surface area contributed by atoms with E-state index in [1.165, 1.54) is 18.3 Å². The molecule has 2 rings (SSSR count). The minimum Gasteiger partial charge on any atom is -0.478 e. The molecule has 0 saturated carbocycles. The van der Waals surface area contributed by atoms with Crippen LogP contribution in [0.3, 0.4) is 0 Å². The van der Waals surface area contributed by atoms with Gasteiger partial charge in [0.15, 0.2) is 5.69 Å². The van der Waals surface area contributed by atoms with Gasteiger partial charge in [-0.25, -0.2) is 9.78 Å². The van der Waals surface area contributed by atoms with Gasteiger partial charge in [-0.1, -0.05) is 23.4 Å². The lowest BCUT2D eigenvalue weighted by Crippen LogP contribution is -1.94. The number of carboxylic acid groups (broad SMARTS) is 1. The van der Waals surface area contributed by atoms with E-state index in [4.69, 9.17) is 22.0 Å². The first-order chi connectivity index (χ1) is 9.60. The molecule has 1 aromatic heterocycles. The summed E-state index contributed by atoms with van der Waals surface area (Å²) >= 11 is 5.85. The minimum absolute atomic E-state index is 0.156. The van der Waals surface area contributed by atoms with Gasteiger partial charge >= 0.3 is 5.97 Å². The lowest BCUT2D eigenvalue weighted by molar-refractivity contribution is 0.0697. The number of aromatic carboxylic acids is 1. The van der Waals surface area contributed by atoms with Gasteiger partial charge in [0.05, 0.1) is 10.6 Å². The quantitative estimate of drug-likeness (QED) is 0.816. The summed E-state index contributed by atoms with van der Waals surface area (Å²) in [5.41, 5.74) is 1.62. The number of nitriles is 1. The molecule has 1 heterocycles. The monoisotopic (exact) mass is 282 g/mol. The molecule has 0 radical (unpaired) electrons. The van der Waals surface area contributed by atoms with Crippen molar-refractivity contribution in [2.75, 3.05) is 0 Å². The fourth-order valence-corrected chi connectivity index (χ4v) is 1.64. The Balaban J connectivity index is 2.25. The van der Waals surface area contributed by atoms with E-state index >= 15 is 0 Å². The Morgan fingerprint density at radius 1 is 1.20 bits per heavy atom. The van der Waals surface area contributed by atoms with E-state index in [1.807, 2.05) is 6.07 Å². The van der Waals surface area contributed by atoms with Gasteiger partial charge in [0, 0.05) is 17.3 Å². The molecule has 0 aliphatic rings. The van der Waals surface area contributed by atoms with Crippen LogP contribution in [0.15, 0.2) is 36.5 Å². The molecule has 0 unspecified atom stereocenters. The van der Waals surface area contributed by atoms with Gasteiger partial charge in [0.1, 0.15) is 6.07 Å². The lowest BCUT2D eigenvalue weighted by atomic mass is 10.1. The van der Waals surface area contributed by atoms with Crippen LogP contribution in [0.1, 0.15) is 27.2 Å². The molecule has 0 aliphatic carbocycles. The normalized spacial score (nSPS) is 9.20. The van der Waals surface area contributed by atoms with Crippen LogP contribution in [-0.4, -0.2) is 16.1 Å². The van der Waals surface area contributed by atoms with Crippen molar-refractivity contribution in [3.63, 3.8) is 0 Å². The number of benzene rings is 1. The van der Waals surface area contributed by atoms with Gasteiger partial charge in [-0.3, -0.25) is 0 Å². The molecule has 0 saturated heterocycles. The van der Waals surface area contributed by atoms with Gasteiger partial charge in [0.2, 0.25) is 0 Å². The number of rotatable bonds is 1. The number of hydrogen-bond acceptors (Lipinski definition) is 3. The lowest BCUT2D eigenvalue weighted by Gasteiger charge is -1.95. The number of pyridine rings is 1. The molecule has 0 bridgehead atoms. The molecule has 1 aromatic carbocycles. The molecule has 20 heavy (non-hydrogen) atoms. The third kappa shape index (κ3) is 3.14. The number of halogens is 1. The van der Waals surface area contributed by atoms with Crippen molar-refractivity contribution in [1.82, 2.24) is 4.98 Å². The molecular weight excluding hydrogens is 276 g/mol. The minimum atomic E-state index is -0.979. The Hall–Kier alpha value is -2.82. The Kier molecular flexibility index (Phi) is 4.00. The molecule has 0 aliphatic heterocycles. The van der Waals surface area contributed by atoms with Crippen molar-refractivity contribution in [2.24, 2.45) is 0 Å². The zero-order valence-corrected chi connectivity index (χ0v) is 10.8. The molecule has 0 fully saturated rings. The predicted octanol–water partition coefficient (Wildman–Crippen LogP) is 2.70. The topological polar surface area (TPSA) is 74.0 Å². The average Bonchev–Trinajstić information content (AvgIpc) is 2.45. The zero-order chi connectivity index (χ0) is 14.5. The van der Waals surface area contributed by atoms with E-state index < -0.39 is 5.97 Å². The van der Waals surface area contributed by atoms with Gasteiger partial charge in [0.25, 0.3) is 0 Å².